The van der Waals surface area contributed by atoms with E-state index >= 15 is 0 Å². The Morgan fingerprint density at radius 2 is 2.21 bits per heavy atom. The van der Waals surface area contributed by atoms with Gasteiger partial charge in [-0.1, -0.05) is 30.1 Å². The molecule has 1 aromatic rings. The maximum absolute atomic E-state index is 11.2. The molecular weight excluding hydrogens is 225 g/mol. The molecule has 0 spiro atoms. The van der Waals surface area contributed by atoms with E-state index in [0.717, 1.165) is 6.42 Å². The van der Waals surface area contributed by atoms with Crippen molar-refractivity contribution in [1.82, 2.24) is 9.97 Å². The van der Waals surface area contributed by atoms with Crippen LogP contribution in [-0.4, -0.2) is 15.9 Å². The van der Waals surface area contributed by atoms with E-state index in [-0.39, 0.29) is 21.9 Å². The Bertz CT molecular complexity index is 343. The Morgan fingerprint density at radius 1 is 1.50 bits per heavy atom. The van der Waals surface area contributed by atoms with Crippen molar-refractivity contribution >= 4 is 34.9 Å². The van der Waals surface area contributed by atoms with E-state index in [9.17, 15) is 4.79 Å². The highest BCUT2D eigenvalue weighted by Gasteiger charge is 2.09. The molecule has 0 aliphatic rings. The minimum absolute atomic E-state index is 0.133. The lowest BCUT2D eigenvalue weighted by Gasteiger charge is -2.04. The summed E-state index contributed by atoms with van der Waals surface area (Å²) in [5.41, 5.74) is 0. The zero-order valence-corrected chi connectivity index (χ0v) is 9.06. The second-order valence-corrected chi connectivity index (χ2v) is 3.36. The van der Waals surface area contributed by atoms with E-state index in [4.69, 9.17) is 23.2 Å². The molecule has 0 atom stereocenters. The van der Waals surface area contributed by atoms with Crippen LogP contribution in [0.2, 0.25) is 10.2 Å². The molecule has 0 aliphatic carbocycles. The number of carbonyl (C=O) groups excluding carboxylic acids is 1. The molecule has 14 heavy (non-hydrogen) atoms. The summed E-state index contributed by atoms with van der Waals surface area (Å²) in [4.78, 5) is 18.7. The number of halogens is 2. The SMILES string of the molecule is CCCC(=O)Nc1ncnc(Cl)c1Cl. The summed E-state index contributed by atoms with van der Waals surface area (Å²) in [5, 5.41) is 2.84. The summed E-state index contributed by atoms with van der Waals surface area (Å²) < 4.78 is 0. The number of rotatable bonds is 3. The van der Waals surface area contributed by atoms with E-state index in [1.54, 1.807) is 0 Å². The highest BCUT2D eigenvalue weighted by atomic mass is 35.5. The molecule has 0 saturated heterocycles. The van der Waals surface area contributed by atoms with Gasteiger partial charge in [-0.15, -0.1) is 0 Å². The summed E-state index contributed by atoms with van der Waals surface area (Å²) in [7, 11) is 0. The van der Waals surface area contributed by atoms with Gasteiger partial charge in [-0.3, -0.25) is 4.79 Å². The van der Waals surface area contributed by atoms with Crippen LogP contribution in [-0.2, 0) is 4.79 Å². The molecule has 1 N–H and O–H groups in total. The first-order valence-corrected chi connectivity index (χ1v) is 4.86. The Hall–Kier alpha value is -0.870. The van der Waals surface area contributed by atoms with Gasteiger partial charge in [0.25, 0.3) is 0 Å². The average Bonchev–Trinajstić information content (AvgIpc) is 2.13. The van der Waals surface area contributed by atoms with Gasteiger partial charge in [-0.05, 0) is 6.42 Å². The fourth-order valence-corrected chi connectivity index (χ4v) is 1.14. The summed E-state index contributed by atoms with van der Waals surface area (Å²) >= 11 is 11.4. The Labute approximate surface area is 91.6 Å². The lowest BCUT2D eigenvalue weighted by atomic mass is 10.3. The molecule has 1 rings (SSSR count). The minimum Gasteiger partial charge on any atom is -0.309 e. The van der Waals surface area contributed by atoms with Crippen LogP contribution in [0.15, 0.2) is 6.33 Å². The van der Waals surface area contributed by atoms with Gasteiger partial charge in [0.1, 0.15) is 11.3 Å². The first-order valence-electron chi connectivity index (χ1n) is 4.11. The summed E-state index contributed by atoms with van der Waals surface area (Å²) in [6.07, 6.45) is 2.44. The largest absolute Gasteiger partial charge is 0.309 e. The molecule has 0 saturated carbocycles. The Kier molecular flexibility index (Phi) is 4.10. The number of hydrogen-bond acceptors (Lipinski definition) is 3. The van der Waals surface area contributed by atoms with Gasteiger partial charge in [0, 0.05) is 6.42 Å². The highest BCUT2D eigenvalue weighted by molar-refractivity contribution is 6.42. The average molecular weight is 234 g/mol. The van der Waals surface area contributed by atoms with E-state index in [0.29, 0.717) is 6.42 Å². The summed E-state index contributed by atoms with van der Waals surface area (Å²) in [6.45, 7) is 1.91. The predicted octanol–water partition coefficient (Wildman–Crippen LogP) is 2.52. The van der Waals surface area contributed by atoms with Crippen molar-refractivity contribution in [2.24, 2.45) is 0 Å². The van der Waals surface area contributed by atoms with Crippen LogP contribution in [0.25, 0.3) is 0 Å². The zero-order valence-electron chi connectivity index (χ0n) is 7.55. The van der Waals surface area contributed by atoms with Gasteiger partial charge in [-0.25, -0.2) is 9.97 Å². The normalized spacial score (nSPS) is 9.93. The fourth-order valence-electron chi connectivity index (χ4n) is 0.857. The molecular formula is C8H9Cl2N3O. The third-order valence-corrected chi connectivity index (χ3v) is 2.22. The van der Waals surface area contributed by atoms with E-state index in [1.165, 1.54) is 6.33 Å². The van der Waals surface area contributed by atoms with E-state index in [1.807, 2.05) is 6.92 Å². The third-order valence-electron chi connectivity index (χ3n) is 1.48. The van der Waals surface area contributed by atoms with Crippen LogP contribution < -0.4 is 5.32 Å². The third kappa shape index (κ3) is 2.82. The van der Waals surface area contributed by atoms with E-state index < -0.39 is 0 Å². The smallest absolute Gasteiger partial charge is 0.225 e. The lowest BCUT2D eigenvalue weighted by Crippen LogP contribution is -2.12. The van der Waals surface area contributed by atoms with Crippen LogP contribution >= 0.6 is 23.2 Å². The van der Waals surface area contributed by atoms with Gasteiger partial charge >= 0.3 is 0 Å². The number of aromatic nitrogens is 2. The molecule has 1 amide bonds. The van der Waals surface area contributed by atoms with E-state index in [2.05, 4.69) is 15.3 Å². The van der Waals surface area contributed by atoms with Gasteiger partial charge in [0.2, 0.25) is 5.91 Å². The van der Waals surface area contributed by atoms with Crippen LogP contribution in [0.5, 0.6) is 0 Å². The van der Waals surface area contributed by atoms with Crippen molar-refractivity contribution < 1.29 is 4.79 Å². The monoisotopic (exact) mass is 233 g/mol. The molecule has 0 bridgehead atoms. The molecule has 76 valence electrons. The molecule has 0 radical (unpaired) electrons. The molecule has 1 heterocycles. The number of nitrogens with zero attached hydrogens (tertiary/aromatic N) is 2. The molecule has 0 aliphatic heterocycles. The highest BCUT2D eigenvalue weighted by Crippen LogP contribution is 2.25. The van der Waals surface area contributed by atoms with Crippen molar-refractivity contribution in [3.05, 3.63) is 16.5 Å². The summed E-state index contributed by atoms with van der Waals surface area (Å²) in [6, 6.07) is 0. The van der Waals surface area contributed by atoms with Crippen molar-refractivity contribution in [2.45, 2.75) is 19.8 Å². The molecule has 0 fully saturated rings. The summed E-state index contributed by atoms with van der Waals surface area (Å²) in [5.74, 6) is 0.120. The minimum atomic E-state index is -0.135. The van der Waals surface area contributed by atoms with Gasteiger partial charge in [0.05, 0.1) is 0 Å². The molecule has 0 aromatic carbocycles. The van der Waals surface area contributed by atoms with Gasteiger partial charge in [-0.2, -0.15) is 0 Å². The van der Waals surface area contributed by atoms with Crippen LogP contribution in [0.3, 0.4) is 0 Å². The maximum Gasteiger partial charge on any atom is 0.225 e. The number of carbonyl (C=O) groups is 1. The number of nitrogens with one attached hydrogen (secondary N) is 1. The van der Waals surface area contributed by atoms with Crippen molar-refractivity contribution in [3.63, 3.8) is 0 Å². The van der Waals surface area contributed by atoms with Crippen molar-refractivity contribution in [3.8, 4) is 0 Å². The predicted molar refractivity (Wildman–Crippen MR) is 55.6 cm³/mol. The van der Waals surface area contributed by atoms with Gasteiger partial charge < -0.3 is 5.32 Å². The van der Waals surface area contributed by atoms with Crippen molar-refractivity contribution in [2.75, 3.05) is 5.32 Å². The molecule has 1 aromatic heterocycles. The quantitative estimate of drug-likeness (QED) is 0.817. The Balaban J connectivity index is 2.76. The van der Waals surface area contributed by atoms with Crippen molar-refractivity contribution in [1.29, 1.82) is 0 Å². The second-order valence-electron chi connectivity index (χ2n) is 2.63. The van der Waals surface area contributed by atoms with Crippen LogP contribution in [0, 0.1) is 0 Å². The zero-order chi connectivity index (χ0) is 10.6. The number of amides is 1. The molecule has 4 nitrogen and oxygen atoms in total. The second kappa shape index (κ2) is 5.12. The standard InChI is InChI=1S/C8H9Cl2N3O/c1-2-3-5(14)13-8-6(9)7(10)11-4-12-8/h4H,2-3H2,1H3,(H,11,12,13,14). The number of hydrogen-bond donors (Lipinski definition) is 1. The number of anilines is 1. The lowest BCUT2D eigenvalue weighted by molar-refractivity contribution is -0.116. The van der Waals surface area contributed by atoms with Gasteiger partial charge in [0.15, 0.2) is 11.0 Å². The van der Waals surface area contributed by atoms with Crippen LogP contribution in [0.1, 0.15) is 19.8 Å². The Morgan fingerprint density at radius 3 is 2.86 bits per heavy atom. The fraction of sp³-hybridized carbons (Fsp3) is 0.375. The first-order chi connectivity index (χ1) is 6.65. The topological polar surface area (TPSA) is 54.9 Å². The maximum atomic E-state index is 11.2. The molecule has 0 unspecified atom stereocenters. The first kappa shape index (κ1) is 11.2. The molecule has 6 heteroatoms. The van der Waals surface area contributed by atoms with Crippen LogP contribution in [0.4, 0.5) is 5.82 Å².